The van der Waals surface area contributed by atoms with E-state index in [2.05, 4.69) is 0 Å². The molecule has 0 atom stereocenters. The van der Waals surface area contributed by atoms with Crippen molar-refractivity contribution in [2.75, 3.05) is 25.2 Å². The van der Waals surface area contributed by atoms with Gasteiger partial charge in [-0.05, 0) is 48.7 Å². The van der Waals surface area contributed by atoms with Gasteiger partial charge in [-0.3, -0.25) is 9.59 Å². The van der Waals surface area contributed by atoms with Crippen molar-refractivity contribution < 1.29 is 18.7 Å². The minimum atomic E-state index is -0.898. The van der Waals surface area contributed by atoms with Crippen molar-refractivity contribution >= 4 is 28.4 Å². The molecule has 3 rings (SSSR count). The second-order valence-corrected chi connectivity index (χ2v) is 5.81. The predicted octanol–water partition coefficient (Wildman–Crippen LogP) is 4.28. The second-order valence-electron chi connectivity index (χ2n) is 5.46. The summed E-state index contributed by atoms with van der Waals surface area (Å²) in [6.45, 7) is 2.00. The lowest BCUT2D eigenvalue weighted by Gasteiger charge is -2.18. The molecule has 2 aromatic carbocycles. The third-order valence-corrected chi connectivity index (χ3v) is 3.91. The highest BCUT2D eigenvalue weighted by atomic mass is 35.5. The number of amides is 1. The molecular formula is C19H19ClFNO3. The van der Waals surface area contributed by atoms with Gasteiger partial charge in [-0.25, -0.2) is 4.39 Å². The highest BCUT2D eigenvalue weighted by Gasteiger charge is 2.20. The molecule has 132 valence electrons. The van der Waals surface area contributed by atoms with Gasteiger partial charge in [0.1, 0.15) is 0 Å². The summed E-state index contributed by atoms with van der Waals surface area (Å²) in [7, 11) is 1.44. The zero-order valence-electron chi connectivity index (χ0n) is 13.9. The number of carbonyl (C=O) groups excluding carboxylic acids is 2. The van der Waals surface area contributed by atoms with Crippen LogP contribution in [0.15, 0.2) is 48.5 Å². The summed E-state index contributed by atoms with van der Waals surface area (Å²) in [6, 6.07) is 12.6. The number of nitrogens with zero attached hydrogens (tertiary/aromatic N) is 1. The number of hydrogen-bond donors (Lipinski definition) is 0. The number of carbonyl (C=O) groups is 2. The number of halogens is 2. The summed E-state index contributed by atoms with van der Waals surface area (Å²) >= 11 is 5.30. The van der Waals surface area contributed by atoms with Gasteiger partial charge in [0.05, 0.1) is 11.3 Å². The van der Waals surface area contributed by atoms with Crippen LogP contribution >= 0.6 is 11.6 Å². The molecule has 25 heavy (non-hydrogen) atoms. The summed E-state index contributed by atoms with van der Waals surface area (Å²) in [5.41, 5.74) is 0.180. The molecule has 1 aliphatic heterocycles. The molecule has 0 bridgehead atoms. The molecule has 1 saturated heterocycles. The first-order valence-electron chi connectivity index (χ1n) is 7.91. The Kier molecular flexibility index (Phi) is 7.10. The number of ether oxygens (including phenoxy) is 1. The molecule has 4 nitrogen and oxygen atoms in total. The molecular weight excluding hydrogens is 345 g/mol. The molecule has 1 amide bonds. The van der Waals surface area contributed by atoms with Crippen LogP contribution in [0.4, 0.5) is 10.1 Å². The standard InChI is InChI=1S/C15H11ClFNO2.C4H8O/c1-18(15(20)10-6-3-2-4-7-10)12-9-5-8-11(13(12)17)14(16)19;1-2-4-5-3-1/h2-9H,1H3;1-4H2. The van der Waals surface area contributed by atoms with Crippen molar-refractivity contribution in [2.45, 2.75) is 12.8 Å². The molecule has 2 aromatic rings. The van der Waals surface area contributed by atoms with Gasteiger partial charge < -0.3 is 9.64 Å². The van der Waals surface area contributed by atoms with Crippen LogP contribution in [-0.2, 0) is 4.74 Å². The van der Waals surface area contributed by atoms with Crippen molar-refractivity contribution in [3.05, 3.63) is 65.5 Å². The molecule has 1 heterocycles. The monoisotopic (exact) mass is 363 g/mol. The number of hydrogen-bond acceptors (Lipinski definition) is 3. The summed E-state index contributed by atoms with van der Waals surface area (Å²) in [5, 5.41) is -0.898. The Balaban J connectivity index is 0.000000386. The Labute approximate surface area is 151 Å². The highest BCUT2D eigenvalue weighted by molar-refractivity contribution is 6.67. The van der Waals surface area contributed by atoms with Crippen LogP contribution in [0, 0.1) is 5.82 Å². The van der Waals surface area contributed by atoms with E-state index in [0.717, 1.165) is 18.1 Å². The van der Waals surface area contributed by atoms with Gasteiger partial charge in [0.25, 0.3) is 11.1 Å². The number of anilines is 1. The van der Waals surface area contributed by atoms with E-state index in [-0.39, 0.29) is 17.2 Å². The maximum atomic E-state index is 14.2. The Morgan fingerprint density at radius 3 is 2.20 bits per heavy atom. The van der Waals surface area contributed by atoms with E-state index >= 15 is 0 Å². The quantitative estimate of drug-likeness (QED) is 0.765. The first-order valence-corrected chi connectivity index (χ1v) is 8.29. The lowest BCUT2D eigenvalue weighted by atomic mass is 10.1. The van der Waals surface area contributed by atoms with Gasteiger partial charge in [0.2, 0.25) is 0 Å². The Morgan fingerprint density at radius 1 is 1.04 bits per heavy atom. The summed E-state index contributed by atoms with van der Waals surface area (Å²) in [6.07, 6.45) is 2.56. The highest BCUT2D eigenvalue weighted by Crippen LogP contribution is 2.23. The maximum Gasteiger partial charge on any atom is 0.258 e. The average molecular weight is 364 g/mol. The van der Waals surface area contributed by atoms with Crippen LogP contribution < -0.4 is 4.90 Å². The fourth-order valence-corrected chi connectivity index (χ4v) is 2.47. The molecule has 0 spiro atoms. The van der Waals surface area contributed by atoms with E-state index < -0.39 is 11.1 Å². The summed E-state index contributed by atoms with van der Waals surface area (Å²) < 4.78 is 19.1. The fraction of sp³-hybridized carbons (Fsp3) is 0.263. The van der Waals surface area contributed by atoms with Crippen LogP contribution in [0.3, 0.4) is 0 Å². The van der Waals surface area contributed by atoms with Crippen LogP contribution in [0.1, 0.15) is 33.6 Å². The maximum absolute atomic E-state index is 14.2. The zero-order chi connectivity index (χ0) is 18.2. The molecule has 0 saturated carbocycles. The first-order chi connectivity index (χ1) is 12.0. The SMILES string of the molecule is C1CCOC1.CN(C(=O)c1ccccc1)c1cccc(C(=O)Cl)c1F. The minimum Gasteiger partial charge on any atom is -0.381 e. The predicted molar refractivity (Wildman–Crippen MR) is 95.8 cm³/mol. The molecule has 0 N–H and O–H groups in total. The Bertz CT molecular complexity index is 725. The van der Waals surface area contributed by atoms with E-state index in [0.29, 0.717) is 5.56 Å². The van der Waals surface area contributed by atoms with Crippen LogP contribution in [0.2, 0.25) is 0 Å². The van der Waals surface area contributed by atoms with Crippen LogP contribution in [0.5, 0.6) is 0 Å². The molecule has 0 unspecified atom stereocenters. The average Bonchev–Trinajstić information content (AvgIpc) is 3.21. The Hall–Kier alpha value is -2.24. The van der Waals surface area contributed by atoms with Crippen LogP contribution in [0.25, 0.3) is 0 Å². The van der Waals surface area contributed by atoms with E-state index in [9.17, 15) is 14.0 Å². The smallest absolute Gasteiger partial charge is 0.258 e. The van der Waals surface area contributed by atoms with Crippen molar-refractivity contribution in [2.24, 2.45) is 0 Å². The van der Waals surface area contributed by atoms with Crippen molar-refractivity contribution in [3.63, 3.8) is 0 Å². The van der Waals surface area contributed by atoms with E-state index in [4.69, 9.17) is 16.3 Å². The minimum absolute atomic E-state index is 0.00496. The normalized spacial score (nSPS) is 12.9. The number of benzene rings is 2. The van der Waals surface area contributed by atoms with Crippen molar-refractivity contribution in [1.82, 2.24) is 0 Å². The zero-order valence-corrected chi connectivity index (χ0v) is 14.6. The van der Waals surface area contributed by atoms with Gasteiger partial charge in [0, 0.05) is 25.8 Å². The lowest BCUT2D eigenvalue weighted by Crippen LogP contribution is -2.27. The van der Waals surface area contributed by atoms with Crippen molar-refractivity contribution in [1.29, 1.82) is 0 Å². The molecule has 0 aromatic heterocycles. The van der Waals surface area contributed by atoms with Crippen LogP contribution in [-0.4, -0.2) is 31.4 Å². The molecule has 0 aliphatic carbocycles. The topological polar surface area (TPSA) is 46.6 Å². The van der Waals surface area contributed by atoms with Gasteiger partial charge in [-0.2, -0.15) is 0 Å². The van der Waals surface area contributed by atoms with E-state index in [1.54, 1.807) is 30.3 Å². The number of rotatable bonds is 3. The largest absolute Gasteiger partial charge is 0.381 e. The molecule has 6 heteroatoms. The van der Waals surface area contributed by atoms with Gasteiger partial charge in [-0.1, -0.05) is 24.3 Å². The first kappa shape index (κ1) is 19.1. The van der Waals surface area contributed by atoms with E-state index in [1.807, 2.05) is 0 Å². The van der Waals surface area contributed by atoms with E-state index in [1.165, 1.54) is 38.1 Å². The lowest BCUT2D eigenvalue weighted by molar-refractivity contribution is 0.0990. The van der Waals surface area contributed by atoms with Crippen molar-refractivity contribution in [3.8, 4) is 0 Å². The van der Waals surface area contributed by atoms with Gasteiger partial charge >= 0.3 is 0 Å². The fourth-order valence-electron chi connectivity index (χ4n) is 2.32. The molecule has 1 aliphatic rings. The molecule has 0 radical (unpaired) electrons. The van der Waals surface area contributed by atoms with Gasteiger partial charge in [0.15, 0.2) is 5.82 Å². The Morgan fingerprint density at radius 2 is 1.68 bits per heavy atom. The third kappa shape index (κ3) is 5.11. The second kappa shape index (κ2) is 9.30. The molecule has 1 fully saturated rings. The summed E-state index contributed by atoms with van der Waals surface area (Å²) in [4.78, 5) is 24.5. The van der Waals surface area contributed by atoms with Gasteiger partial charge in [-0.15, -0.1) is 0 Å². The summed E-state index contributed by atoms with van der Waals surface area (Å²) in [5.74, 6) is -1.18. The third-order valence-electron chi connectivity index (χ3n) is 3.70.